The monoisotopic (exact) mass is 451 g/mol. The molecule has 0 amide bonds. The molecular weight excluding hydrogens is 421 g/mol. The van der Waals surface area contributed by atoms with E-state index < -0.39 is 5.60 Å². The summed E-state index contributed by atoms with van der Waals surface area (Å²) in [5.41, 5.74) is 5.72. The molecule has 1 N–H and O–H groups in total. The summed E-state index contributed by atoms with van der Waals surface area (Å²) >= 11 is 0. The van der Waals surface area contributed by atoms with Crippen LogP contribution in [0.1, 0.15) is 57.5 Å². The molecule has 0 bridgehead atoms. The highest BCUT2D eigenvalue weighted by Crippen LogP contribution is 2.42. The lowest BCUT2D eigenvalue weighted by Gasteiger charge is -2.29. The maximum atomic E-state index is 13.8. The van der Waals surface area contributed by atoms with Gasteiger partial charge in [0.15, 0.2) is 0 Å². The lowest BCUT2D eigenvalue weighted by atomic mass is 9.87. The van der Waals surface area contributed by atoms with Gasteiger partial charge in [-0.15, -0.1) is 5.10 Å². The number of aliphatic hydroxyl groups is 1. The topological polar surface area (TPSA) is 86.6 Å². The van der Waals surface area contributed by atoms with Crippen LogP contribution in [-0.2, 0) is 19.7 Å². The van der Waals surface area contributed by atoms with E-state index in [1.807, 2.05) is 27.2 Å². The SMILES string of the molecule is Cc1nnn(C)c1-c1cnc2c3c(c(C(C)(C)O)nn3C)n(C(C)C3CC=C(F)CC3)c2c1. The lowest BCUT2D eigenvalue weighted by Crippen LogP contribution is -2.22. The fourth-order valence-corrected chi connectivity index (χ4v) is 5.24. The van der Waals surface area contributed by atoms with Crippen LogP contribution < -0.4 is 0 Å². The molecule has 0 saturated carbocycles. The summed E-state index contributed by atoms with van der Waals surface area (Å²) in [6.45, 7) is 7.61. The van der Waals surface area contributed by atoms with Crippen molar-refractivity contribution in [3.05, 3.63) is 35.6 Å². The molecule has 1 aliphatic carbocycles. The second-order valence-electron chi connectivity index (χ2n) is 9.76. The van der Waals surface area contributed by atoms with Crippen molar-refractivity contribution < 1.29 is 9.50 Å². The Hall–Kier alpha value is -3.07. The molecule has 0 spiro atoms. The number of hydrogen-bond donors (Lipinski definition) is 1. The maximum Gasteiger partial charge on any atom is 0.118 e. The van der Waals surface area contributed by atoms with Crippen LogP contribution in [0, 0.1) is 12.8 Å². The summed E-state index contributed by atoms with van der Waals surface area (Å²) < 4.78 is 19.6. The largest absolute Gasteiger partial charge is 0.384 e. The quantitative estimate of drug-likeness (QED) is 0.495. The Labute approximate surface area is 191 Å². The fourth-order valence-electron chi connectivity index (χ4n) is 5.24. The standard InChI is InChI=1S/C24H30FN7O/c1-13-20(31(6)29-27-13)16-11-18-19(26-12-16)21-22(23(24(3,4)33)28-30(21)5)32(18)14(2)15-7-9-17(25)10-8-15/h9,11-12,14-15,33H,7-8,10H2,1-6H3. The average Bonchev–Trinajstić information content (AvgIpc) is 3.38. The molecule has 174 valence electrons. The van der Waals surface area contributed by atoms with Gasteiger partial charge < -0.3 is 9.67 Å². The molecule has 4 heterocycles. The van der Waals surface area contributed by atoms with Gasteiger partial charge in [-0.1, -0.05) is 11.3 Å². The molecule has 9 heteroatoms. The molecule has 4 aromatic heterocycles. The number of aryl methyl sites for hydroxylation is 3. The third-order valence-electron chi connectivity index (χ3n) is 6.95. The van der Waals surface area contributed by atoms with Crippen LogP contribution in [0.3, 0.4) is 0 Å². The highest BCUT2D eigenvalue weighted by molar-refractivity contribution is 6.06. The van der Waals surface area contributed by atoms with Crippen molar-refractivity contribution in [1.29, 1.82) is 0 Å². The first-order valence-corrected chi connectivity index (χ1v) is 11.4. The highest BCUT2D eigenvalue weighted by Gasteiger charge is 2.33. The third kappa shape index (κ3) is 3.37. The number of nitrogens with zero attached hydrogens (tertiary/aromatic N) is 7. The minimum atomic E-state index is -1.13. The normalized spacial score (nSPS) is 18.3. The Balaban J connectivity index is 1.82. The summed E-state index contributed by atoms with van der Waals surface area (Å²) in [7, 11) is 3.76. The molecule has 5 rings (SSSR count). The number of aromatic nitrogens is 7. The first kappa shape index (κ1) is 21.8. The molecule has 0 fully saturated rings. The van der Waals surface area contributed by atoms with Crippen molar-refractivity contribution in [3.8, 4) is 11.3 Å². The minimum Gasteiger partial charge on any atom is -0.384 e. The van der Waals surface area contributed by atoms with Gasteiger partial charge in [-0.3, -0.25) is 9.67 Å². The number of allylic oxidation sites excluding steroid dienone is 2. The summed E-state index contributed by atoms with van der Waals surface area (Å²) in [6, 6.07) is 2.18. The molecule has 2 unspecified atom stereocenters. The summed E-state index contributed by atoms with van der Waals surface area (Å²) in [5, 5.41) is 24.0. The minimum absolute atomic E-state index is 0.0253. The molecule has 33 heavy (non-hydrogen) atoms. The Morgan fingerprint density at radius 3 is 2.58 bits per heavy atom. The van der Waals surface area contributed by atoms with Crippen LogP contribution in [0.25, 0.3) is 33.3 Å². The van der Waals surface area contributed by atoms with Crippen LogP contribution in [0.5, 0.6) is 0 Å². The zero-order valence-corrected chi connectivity index (χ0v) is 20.0. The predicted molar refractivity (Wildman–Crippen MR) is 125 cm³/mol. The lowest BCUT2D eigenvalue weighted by molar-refractivity contribution is 0.0741. The van der Waals surface area contributed by atoms with Gasteiger partial charge in [0.1, 0.15) is 22.3 Å². The smallest absolute Gasteiger partial charge is 0.118 e. The molecule has 2 atom stereocenters. The molecular formula is C24H30FN7O. The van der Waals surface area contributed by atoms with E-state index >= 15 is 0 Å². The van der Waals surface area contributed by atoms with Gasteiger partial charge in [0.05, 0.1) is 28.2 Å². The van der Waals surface area contributed by atoms with Crippen molar-refractivity contribution >= 4 is 22.1 Å². The first-order chi connectivity index (χ1) is 15.6. The molecule has 8 nitrogen and oxygen atoms in total. The molecule has 0 aliphatic heterocycles. The van der Waals surface area contributed by atoms with E-state index in [9.17, 15) is 9.50 Å². The van der Waals surface area contributed by atoms with E-state index in [2.05, 4.69) is 33.0 Å². The van der Waals surface area contributed by atoms with Gasteiger partial charge in [-0.2, -0.15) is 5.10 Å². The predicted octanol–water partition coefficient (Wildman–Crippen LogP) is 4.47. The van der Waals surface area contributed by atoms with E-state index in [0.29, 0.717) is 18.5 Å². The van der Waals surface area contributed by atoms with Gasteiger partial charge in [0, 0.05) is 31.9 Å². The van der Waals surface area contributed by atoms with Crippen LogP contribution in [-0.4, -0.2) is 39.4 Å². The molecule has 0 saturated heterocycles. The molecule has 0 aromatic carbocycles. The summed E-state index contributed by atoms with van der Waals surface area (Å²) in [5.74, 6) is 0.240. The summed E-state index contributed by atoms with van der Waals surface area (Å²) in [4.78, 5) is 4.86. The van der Waals surface area contributed by atoms with E-state index in [-0.39, 0.29) is 17.8 Å². The zero-order chi connectivity index (χ0) is 23.7. The van der Waals surface area contributed by atoms with Crippen LogP contribution >= 0.6 is 0 Å². The van der Waals surface area contributed by atoms with E-state index in [1.165, 1.54) is 0 Å². The number of pyridine rings is 1. The van der Waals surface area contributed by atoms with Crippen LogP contribution in [0.15, 0.2) is 24.2 Å². The van der Waals surface area contributed by atoms with Crippen molar-refractivity contribution in [2.45, 2.75) is 58.6 Å². The molecule has 0 radical (unpaired) electrons. The maximum absolute atomic E-state index is 13.8. The van der Waals surface area contributed by atoms with Gasteiger partial charge in [0.2, 0.25) is 0 Å². The Morgan fingerprint density at radius 2 is 1.97 bits per heavy atom. The highest BCUT2D eigenvalue weighted by atomic mass is 19.1. The Kier molecular flexibility index (Phi) is 4.93. The van der Waals surface area contributed by atoms with Gasteiger partial charge in [-0.05, 0) is 58.9 Å². The van der Waals surface area contributed by atoms with Crippen molar-refractivity contribution in [2.24, 2.45) is 20.0 Å². The van der Waals surface area contributed by atoms with E-state index in [0.717, 1.165) is 45.4 Å². The second-order valence-corrected chi connectivity index (χ2v) is 9.76. The second kappa shape index (κ2) is 7.48. The van der Waals surface area contributed by atoms with E-state index in [1.54, 1.807) is 29.3 Å². The van der Waals surface area contributed by atoms with E-state index in [4.69, 9.17) is 4.98 Å². The van der Waals surface area contributed by atoms with Gasteiger partial charge in [0.25, 0.3) is 0 Å². The Morgan fingerprint density at radius 1 is 1.21 bits per heavy atom. The number of fused-ring (bicyclic) bond motifs is 3. The number of rotatable bonds is 4. The van der Waals surface area contributed by atoms with Crippen LogP contribution in [0.2, 0.25) is 0 Å². The fraction of sp³-hybridized carbons (Fsp3) is 0.500. The third-order valence-corrected chi connectivity index (χ3v) is 6.95. The molecule has 1 aliphatic rings. The number of hydrogen-bond acceptors (Lipinski definition) is 5. The zero-order valence-electron chi connectivity index (χ0n) is 20.0. The first-order valence-electron chi connectivity index (χ1n) is 11.4. The van der Waals surface area contributed by atoms with Crippen molar-refractivity contribution in [1.82, 2.24) is 34.3 Å². The van der Waals surface area contributed by atoms with Gasteiger partial charge >= 0.3 is 0 Å². The Bertz CT molecular complexity index is 1380. The summed E-state index contributed by atoms with van der Waals surface area (Å²) in [6.07, 6.45) is 5.48. The van der Waals surface area contributed by atoms with Gasteiger partial charge in [-0.25, -0.2) is 9.07 Å². The number of halogens is 1. The van der Waals surface area contributed by atoms with Crippen molar-refractivity contribution in [2.75, 3.05) is 0 Å². The van der Waals surface area contributed by atoms with Crippen molar-refractivity contribution in [3.63, 3.8) is 0 Å². The van der Waals surface area contributed by atoms with Crippen LogP contribution in [0.4, 0.5) is 4.39 Å². The molecule has 4 aromatic rings. The average molecular weight is 452 g/mol.